The Morgan fingerprint density at radius 2 is 1.77 bits per heavy atom. The fraction of sp³-hybridized carbons (Fsp3) is 0.364. The molecule has 3 amide bonds. The van der Waals surface area contributed by atoms with Gasteiger partial charge in [0.25, 0.3) is 0 Å². The number of hydrogen-bond donors (Lipinski definition) is 2. The van der Waals surface area contributed by atoms with Gasteiger partial charge in [0.05, 0.1) is 13.7 Å². The summed E-state index contributed by atoms with van der Waals surface area (Å²) < 4.78 is 5.14. The summed E-state index contributed by atoms with van der Waals surface area (Å²) in [7, 11) is 3.34. The molecule has 1 heterocycles. The Hall–Kier alpha value is -3.26. The molecule has 1 aliphatic rings. The molecule has 0 bridgehead atoms. The zero-order chi connectivity index (χ0) is 21.7. The molecule has 3 rings (SSSR count). The van der Waals surface area contributed by atoms with E-state index >= 15 is 0 Å². The Bertz CT molecular complexity index is 870. The average Bonchev–Trinajstić information content (AvgIpc) is 2.74. The first-order valence-corrected chi connectivity index (χ1v) is 9.84. The molecule has 0 aliphatic carbocycles. The molecule has 30 heavy (non-hydrogen) atoms. The summed E-state index contributed by atoms with van der Waals surface area (Å²) >= 11 is 0. The zero-order valence-electron chi connectivity index (χ0n) is 17.5. The van der Waals surface area contributed by atoms with Crippen molar-refractivity contribution in [3.8, 4) is 11.5 Å². The number of methoxy groups -OCH3 is 1. The number of urea groups is 1. The summed E-state index contributed by atoms with van der Waals surface area (Å²) in [5.41, 5.74) is 1.97. The first-order valence-electron chi connectivity index (χ1n) is 9.84. The summed E-state index contributed by atoms with van der Waals surface area (Å²) in [6.07, 6.45) is 0.636. The van der Waals surface area contributed by atoms with Crippen LogP contribution in [0.15, 0.2) is 48.5 Å². The second-order valence-electron chi connectivity index (χ2n) is 7.45. The summed E-state index contributed by atoms with van der Waals surface area (Å²) in [4.78, 5) is 27.0. The molecule has 2 N–H and O–H groups in total. The van der Waals surface area contributed by atoms with E-state index in [-0.39, 0.29) is 36.9 Å². The van der Waals surface area contributed by atoms with Gasteiger partial charge in [0.2, 0.25) is 5.91 Å². The van der Waals surface area contributed by atoms with E-state index in [1.165, 1.54) is 5.01 Å². The Balaban J connectivity index is 1.60. The molecule has 8 heteroatoms. The van der Waals surface area contributed by atoms with E-state index in [0.717, 1.165) is 16.9 Å². The second-order valence-corrected chi connectivity index (χ2v) is 7.45. The highest BCUT2D eigenvalue weighted by Gasteiger charge is 2.33. The SMILES string of the molecule is COc1ccc(CNC(=O)N2CN(C(C)Cc3ccc(O)cc3)C(=O)CN2C)cc1. The third kappa shape index (κ3) is 5.21. The topological polar surface area (TPSA) is 85.4 Å². The molecule has 2 aromatic rings. The lowest BCUT2D eigenvalue weighted by Crippen LogP contribution is -2.63. The average molecular weight is 412 g/mol. The van der Waals surface area contributed by atoms with Crippen LogP contribution in [-0.4, -0.2) is 65.4 Å². The van der Waals surface area contributed by atoms with Gasteiger partial charge in [0, 0.05) is 19.6 Å². The molecule has 0 radical (unpaired) electrons. The smallest absolute Gasteiger partial charge is 0.333 e. The van der Waals surface area contributed by atoms with Crippen molar-refractivity contribution >= 4 is 11.9 Å². The van der Waals surface area contributed by atoms with Gasteiger partial charge in [-0.15, -0.1) is 0 Å². The van der Waals surface area contributed by atoms with Crippen LogP contribution in [-0.2, 0) is 17.8 Å². The molecule has 1 unspecified atom stereocenters. The Morgan fingerprint density at radius 3 is 2.40 bits per heavy atom. The van der Waals surface area contributed by atoms with E-state index in [0.29, 0.717) is 13.0 Å². The molecule has 1 atom stereocenters. The van der Waals surface area contributed by atoms with Gasteiger partial charge in [0.15, 0.2) is 0 Å². The Kier molecular flexibility index (Phi) is 6.79. The fourth-order valence-corrected chi connectivity index (χ4v) is 3.40. The third-order valence-electron chi connectivity index (χ3n) is 5.22. The van der Waals surface area contributed by atoms with Gasteiger partial charge in [-0.05, 0) is 48.7 Å². The number of amides is 3. The van der Waals surface area contributed by atoms with Crippen LogP contribution >= 0.6 is 0 Å². The van der Waals surface area contributed by atoms with Crippen molar-refractivity contribution in [2.75, 3.05) is 27.4 Å². The van der Waals surface area contributed by atoms with Crippen LogP contribution in [0.2, 0.25) is 0 Å². The molecular formula is C22H28N4O4. The van der Waals surface area contributed by atoms with Crippen LogP contribution in [0.25, 0.3) is 0 Å². The number of nitrogens with zero attached hydrogens (tertiary/aromatic N) is 3. The molecule has 0 aromatic heterocycles. The number of likely N-dealkylation sites (N-methyl/N-ethyl adjacent to an activating group) is 1. The normalized spacial score (nSPS) is 15.8. The highest BCUT2D eigenvalue weighted by atomic mass is 16.5. The predicted octanol–water partition coefficient (Wildman–Crippen LogP) is 2.19. The number of benzene rings is 2. The predicted molar refractivity (Wildman–Crippen MR) is 113 cm³/mol. The van der Waals surface area contributed by atoms with Crippen LogP contribution in [0.3, 0.4) is 0 Å². The second kappa shape index (κ2) is 9.49. The van der Waals surface area contributed by atoms with Crippen LogP contribution < -0.4 is 10.1 Å². The summed E-state index contributed by atoms with van der Waals surface area (Å²) in [6.45, 7) is 2.66. The quantitative estimate of drug-likeness (QED) is 0.760. The Labute approximate surface area is 176 Å². The van der Waals surface area contributed by atoms with Crippen molar-refractivity contribution in [3.05, 3.63) is 59.7 Å². The number of rotatable bonds is 6. The largest absolute Gasteiger partial charge is 0.508 e. The monoisotopic (exact) mass is 412 g/mol. The number of nitrogens with one attached hydrogen (secondary N) is 1. The number of carbonyl (C=O) groups is 2. The van der Waals surface area contributed by atoms with Crippen LogP contribution in [0.4, 0.5) is 4.79 Å². The number of phenolic OH excluding ortho intramolecular Hbond substituents is 1. The molecule has 1 aliphatic heterocycles. The lowest BCUT2D eigenvalue weighted by Gasteiger charge is -2.43. The molecule has 8 nitrogen and oxygen atoms in total. The first-order chi connectivity index (χ1) is 14.4. The van der Waals surface area contributed by atoms with Crippen LogP contribution in [0.5, 0.6) is 11.5 Å². The number of carbonyl (C=O) groups excluding carboxylic acids is 2. The van der Waals surface area contributed by atoms with Crippen molar-refractivity contribution in [2.24, 2.45) is 0 Å². The van der Waals surface area contributed by atoms with E-state index in [4.69, 9.17) is 4.74 Å². The summed E-state index contributed by atoms with van der Waals surface area (Å²) in [5, 5.41) is 15.5. The highest BCUT2D eigenvalue weighted by molar-refractivity contribution is 5.82. The van der Waals surface area contributed by atoms with E-state index in [2.05, 4.69) is 5.32 Å². The minimum atomic E-state index is -0.261. The maximum absolute atomic E-state index is 12.8. The maximum atomic E-state index is 12.8. The van der Waals surface area contributed by atoms with E-state index in [1.54, 1.807) is 36.2 Å². The van der Waals surface area contributed by atoms with Gasteiger partial charge in [-0.1, -0.05) is 24.3 Å². The zero-order valence-corrected chi connectivity index (χ0v) is 17.5. The number of ether oxygens (including phenoxy) is 1. The highest BCUT2D eigenvalue weighted by Crippen LogP contribution is 2.17. The lowest BCUT2D eigenvalue weighted by atomic mass is 10.1. The van der Waals surface area contributed by atoms with Gasteiger partial charge in [-0.3, -0.25) is 4.79 Å². The summed E-state index contributed by atoms with van der Waals surface area (Å²) in [5.74, 6) is 0.947. The van der Waals surface area contributed by atoms with E-state index in [1.807, 2.05) is 43.3 Å². The standard InChI is InChI=1S/C22H28N4O4/c1-16(12-17-4-8-19(27)9-5-17)25-15-26(24(2)14-21(25)28)22(29)23-13-18-6-10-20(30-3)11-7-18/h4-11,16,27H,12-15H2,1-3H3,(H,23,29). The van der Waals surface area contributed by atoms with Crippen molar-refractivity contribution < 1.29 is 19.4 Å². The molecule has 1 fully saturated rings. The van der Waals surface area contributed by atoms with Gasteiger partial charge >= 0.3 is 6.03 Å². The van der Waals surface area contributed by atoms with Gasteiger partial charge in [0.1, 0.15) is 18.2 Å². The lowest BCUT2D eigenvalue weighted by molar-refractivity contribution is -0.153. The summed E-state index contributed by atoms with van der Waals surface area (Å²) in [6, 6.07) is 14.1. The minimum Gasteiger partial charge on any atom is -0.508 e. The van der Waals surface area contributed by atoms with Gasteiger partial charge < -0.3 is 20.1 Å². The Morgan fingerprint density at radius 1 is 1.13 bits per heavy atom. The number of hydrazine groups is 1. The minimum absolute atomic E-state index is 0.0250. The number of phenols is 1. The number of hydrogen-bond acceptors (Lipinski definition) is 5. The van der Waals surface area contributed by atoms with Crippen molar-refractivity contribution in [1.29, 1.82) is 0 Å². The maximum Gasteiger partial charge on any atom is 0.333 e. The fourth-order valence-electron chi connectivity index (χ4n) is 3.40. The van der Waals surface area contributed by atoms with Crippen LogP contribution in [0.1, 0.15) is 18.1 Å². The molecule has 2 aromatic carbocycles. The van der Waals surface area contributed by atoms with E-state index < -0.39 is 0 Å². The van der Waals surface area contributed by atoms with E-state index in [9.17, 15) is 14.7 Å². The number of aromatic hydroxyl groups is 1. The molecular weight excluding hydrogens is 384 g/mol. The molecule has 0 spiro atoms. The van der Waals surface area contributed by atoms with Crippen LogP contribution in [0, 0.1) is 0 Å². The van der Waals surface area contributed by atoms with Crippen molar-refractivity contribution in [3.63, 3.8) is 0 Å². The van der Waals surface area contributed by atoms with Crippen molar-refractivity contribution in [1.82, 2.24) is 20.2 Å². The van der Waals surface area contributed by atoms with Gasteiger partial charge in [-0.25, -0.2) is 14.8 Å². The molecule has 160 valence electrons. The van der Waals surface area contributed by atoms with Gasteiger partial charge in [-0.2, -0.15) is 0 Å². The first kappa shape index (κ1) is 21.4. The third-order valence-corrected chi connectivity index (χ3v) is 5.22. The van der Waals surface area contributed by atoms with Crippen molar-refractivity contribution in [2.45, 2.75) is 25.9 Å². The molecule has 0 saturated carbocycles. The molecule has 1 saturated heterocycles.